The molecule has 1 aliphatic rings. The molecule has 39 heavy (non-hydrogen) atoms. The molecule has 1 amide bonds. The highest BCUT2D eigenvalue weighted by molar-refractivity contribution is 8.13. The molecular formula is C34H41NO3S. The number of nitrogens with one attached hydrogen (secondary N) is 1. The molecule has 3 aromatic carbocycles. The molecule has 5 heteroatoms. The molecule has 0 saturated carbocycles. The number of aromatic hydroxyl groups is 1. The molecule has 0 unspecified atom stereocenters. The summed E-state index contributed by atoms with van der Waals surface area (Å²) in [6.45, 7) is 12.4. The molecule has 4 nitrogen and oxygen atoms in total. The molecule has 0 aliphatic heterocycles. The van der Waals surface area contributed by atoms with E-state index in [1.165, 1.54) is 34.0 Å². The average molecular weight is 544 g/mol. The van der Waals surface area contributed by atoms with Gasteiger partial charge in [-0.05, 0) is 83.0 Å². The van der Waals surface area contributed by atoms with Crippen molar-refractivity contribution in [2.45, 2.75) is 95.8 Å². The molecule has 0 heterocycles. The summed E-state index contributed by atoms with van der Waals surface area (Å²) in [6, 6.07) is 18.6. The van der Waals surface area contributed by atoms with Crippen molar-refractivity contribution in [1.29, 1.82) is 0 Å². The molecule has 1 aliphatic carbocycles. The summed E-state index contributed by atoms with van der Waals surface area (Å²) in [4.78, 5) is 26.2. The maximum absolute atomic E-state index is 12.8. The highest BCUT2D eigenvalue weighted by Crippen LogP contribution is 2.42. The third kappa shape index (κ3) is 7.33. The lowest BCUT2D eigenvalue weighted by Gasteiger charge is -2.28. The monoisotopic (exact) mass is 543 g/mol. The van der Waals surface area contributed by atoms with Crippen molar-refractivity contribution in [3.8, 4) is 5.75 Å². The Labute approximate surface area is 237 Å². The fourth-order valence-corrected chi connectivity index (χ4v) is 5.99. The van der Waals surface area contributed by atoms with Crippen LogP contribution in [0.3, 0.4) is 0 Å². The van der Waals surface area contributed by atoms with Gasteiger partial charge < -0.3 is 10.4 Å². The van der Waals surface area contributed by atoms with E-state index in [0.29, 0.717) is 31.4 Å². The summed E-state index contributed by atoms with van der Waals surface area (Å²) in [7, 11) is 0. The zero-order valence-electron chi connectivity index (χ0n) is 24.1. The van der Waals surface area contributed by atoms with Crippen LogP contribution in [0.25, 0.3) is 0 Å². The third-order valence-corrected chi connectivity index (χ3v) is 8.24. The first kappa shape index (κ1) is 28.9. The number of amides is 1. The van der Waals surface area contributed by atoms with Crippen molar-refractivity contribution in [3.63, 3.8) is 0 Å². The largest absolute Gasteiger partial charge is 0.507 e. The van der Waals surface area contributed by atoms with E-state index >= 15 is 0 Å². The predicted octanol–water partition coefficient (Wildman–Crippen LogP) is 8.30. The SMILES string of the molecule is CC(C)(C)c1cc(SC(=O)CCCCC(=O)Nc2ccc3c(c2)Cc2ccccc2C3)cc(C(C)(C)C)c1O. The molecular weight excluding hydrogens is 502 g/mol. The number of anilines is 1. The number of hydrogen-bond donors (Lipinski definition) is 2. The standard InChI is InChI=1S/C34H41NO3S/c1-33(2,3)28-20-27(21-29(32(28)38)34(4,5)6)39-31(37)14-10-9-13-30(36)35-26-16-15-24-17-22-11-7-8-12-23(22)18-25(24)19-26/h7-8,11-12,15-16,19-21,38H,9-10,13-14,17-18H2,1-6H3,(H,35,36). The van der Waals surface area contributed by atoms with Gasteiger partial charge in [-0.2, -0.15) is 0 Å². The van der Waals surface area contributed by atoms with Gasteiger partial charge in [-0.25, -0.2) is 0 Å². The van der Waals surface area contributed by atoms with E-state index in [2.05, 4.69) is 83.3 Å². The van der Waals surface area contributed by atoms with Crippen LogP contribution in [0.1, 0.15) is 101 Å². The summed E-state index contributed by atoms with van der Waals surface area (Å²) in [5, 5.41) is 14.0. The summed E-state index contributed by atoms with van der Waals surface area (Å²) < 4.78 is 0. The molecule has 2 N–H and O–H groups in total. The Morgan fingerprint density at radius 2 is 1.31 bits per heavy atom. The first-order valence-corrected chi connectivity index (χ1v) is 14.7. The van der Waals surface area contributed by atoms with Gasteiger partial charge in [0.05, 0.1) is 0 Å². The van der Waals surface area contributed by atoms with Crippen LogP contribution in [-0.4, -0.2) is 16.1 Å². The van der Waals surface area contributed by atoms with E-state index in [9.17, 15) is 14.7 Å². The smallest absolute Gasteiger partial charge is 0.224 e. The number of thioether (sulfide) groups is 1. The maximum atomic E-state index is 12.8. The quantitative estimate of drug-likeness (QED) is 0.182. The van der Waals surface area contributed by atoms with Crippen molar-refractivity contribution < 1.29 is 14.7 Å². The number of rotatable bonds is 7. The fraction of sp³-hybridized carbons (Fsp3) is 0.412. The summed E-state index contributed by atoms with van der Waals surface area (Å²) in [5.74, 6) is 0.302. The van der Waals surface area contributed by atoms with Crippen LogP contribution in [0.5, 0.6) is 5.75 Å². The Morgan fingerprint density at radius 1 is 0.769 bits per heavy atom. The Hall–Kier alpha value is -3.05. The second kappa shape index (κ2) is 11.6. The maximum Gasteiger partial charge on any atom is 0.224 e. The summed E-state index contributed by atoms with van der Waals surface area (Å²) >= 11 is 1.23. The lowest BCUT2D eigenvalue weighted by atomic mass is 9.79. The van der Waals surface area contributed by atoms with Gasteiger partial charge in [0.2, 0.25) is 5.91 Å². The molecule has 0 aromatic heterocycles. The van der Waals surface area contributed by atoms with Crippen LogP contribution in [0.2, 0.25) is 0 Å². The van der Waals surface area contributed by atoms with Crippen LogP contribution >= 0.6 is 11.8 Å². The molecule has 0 saturated heterocycles. The van der Waals surface area contributed by atoms with Crippen LogP contribution < -0.4 is 5.32 Å². The van der Waals surface area contributed by atoms with E-state index in [1.54, 1.807) is 0 Å². The minimum absolute atomic E-state index is 0.0190. The van der Waals surface area contributed by atoms with Crippen LogP contribution in [0.4, 0.5) is 5.69 Å². The number of hydrogen-bond acceptors (Lipinski definition) is 4. The normalized spacial score (nSPS) is 13.0. The molecule has 0 fully saturated rings. The minimum atomic E-state index is -0.237. The Morgan fingerprint density at radius 3 is 1.90 bits per heavy atom. The third-order valence-electron chi connectivity index (χ3n) is 7.34. The zero-order chi connectivity index (χ0) is 28.4. The van der Waals surface area contributed by atoms with E-state index in [1.807, 2.05) is 18.2 Å². The number of carbonyl (C=O) groups excluding carboxylic acids is 2. The van der Waals surface area contributed by atoms with Gasteiger partial charge >= 0.3 is 0 Å². The van der Waals surface area contributed by atoms with Crippen molar-refractivity contribution in [2.75, 3.05) is 5.32 Å². The van der Waals surface area contributed by atoms with E-state index in [-0.39, 0.29) is 21.9 Å². The van der Waals surface area contributed by atoms with Gasteiger partial charge in [0.15, 0.2) is 5.12 Å². The van der Waals surface area contributed by atoms with Crippen LogP contribution in [-0.2, 0) is 33.3 Å². The second-order valence-electron chi connectivity index (χ2n) is 12.7. The Kier molecular flexibility index (Phi) is 8.60. The number of phenols is 1. The van der Waals surface area contributed by atoms with Gasteiger partial charge in [0, 0.05) is 34.6 Å². The molecule has 0 atom stereocenters. The number of benzene rings is 3. The lowest BCUT2D eigenvalue weighted by Crippen LogP contribution is -2.17. The summed E-state index contributed by atoms with van der Waals surface area (Å²) in [6.07, 6.45) is 3.95. The highest BCUT2D eigenvalue weighted by atomic mass is 32.2. The topological polar surface area (TPSA) is 66.4 Å². The zero-order valence-corrected chi connectivity index (χ0v) is 24.9. The van der Waals surface area contributed by atoms with E-state index in [0.717, 1.165) is 34.6 Å². The van der Waals surface area contributed by atoms with Crippen LogP contribution in [0.15, 0.2) is 59.5 Å². The molecule has 3 aromatic rings. The average Bonchev–Trinajstić information content (AvgIpc) is 2.85. The Bertz CT molecular complexity index is 1340. The second-order valence-corrected chi connectivity index (χ2v) is 13.8. The number of phenolic OH excluding ortho intramolecular Hbond substituents is 1. The fourth-order valence-electron chi connectivity index (χ4n) is 5.12. The minimum Gasteiger partial charge on any atom is -0.507 e. The first-order chi connectivity index (χ1) is 18.3. The first-order valence-electron chi connectivity index (χ1n) is 13.9. The number of fused-ring (bicyclic) bond motifs is 2. The van der Waals surface area contributed by atoms with Crippen molar-refractivity contribution in [3.05, 3.63) is 88.0 Å². The van der Waals surface area contributed by atoms with Crippen molar-refractivity contribution in [2.24, 2.45) is 0 Å². The molecule has 0 bridgehead atoms. The van der Waals surface area contributed by atoms with E-state index < -0.39 is 0 Å². The molecule has 206 valence electrons. The van der Waals surface area contributed by atoms with Gasteiger partial charge in [-0.1, -0.05) is 83.6 Å². The Balaban J connectivity index is 1.27. The lowest BCUT2D eigenvalue weighted by molar-refractivity contribution is -0.116. The summed E-state index contributed by atoms with van der Waals surface area (Å²) in [5.41, 5.74) is 7.40. The van der Waals surface area contributed by atoms with Gasteiger partial charge in [0.1, 0.15) is 5.75 Å². The van der Waals surface area contributed by atoms with Gasteiger partial charge in [0.25, 0.3) is 0 Å². The number of carbonyl (C=O) groups is 2. The van der Waals surface area contributed by atoms with E-state index in [4.69, 9.17) is 0 Å². The van der Waals surface area contributed by atoms with Crippen molar-refractivity contribution >= 4 is 28.5 Å². The van der Waals surface area contributed by atoms with Gasteiger partial charge in [-0.15, -0.1) is 0 Å². The highest BCUT2D eigenvalue weighted by Gasteiger charge is 2.27. The molecule has 0 spiro atoms. The molecule has 4 rings (SSSR count). The number of unbranched alkanes of at least 4 members (excludes halogenated alkanes) is 1. The predicted molar refractivity (Wildman–Crippen MR) is 162 cm³/mol. The van der Waals surface area contributed by atoms with Crippen molar-refractivity contribution in [1.82, 2.24) is 0 Å². The molecule has 0 radical (unpaired) electrons. The van der Waals surface area contributed by atoms with Gasteiger partial charge in [-0.3, -0.25) is 9.59 Å². The van der Waals surface area contributed by atoms with Crippen LogP contribution in [0, 0.1) is 0 Å².